The smallest absolute Gasteiger partial charge is 0.341 e. The van der Waals surface area contributed by atoms with Crippen LogP contribution in [0.25, 0.3) is 11.0 Å². The van der Waals surface area contributed by atoms with Gasteiger partial charge < -0.3 is 25.1 Å². The molecule has 0 radical (unpaired) electrons. The average molecular weight is 489 g/mol. The van der Waals surface area contributed by atoms with Gasteiger partial charge in [0.05, 0.1) is 33.8 Å². The van der Waals surface area contributed by atoms with Gasteiger partial charge in [-0.25, -0.2) is 9.78 Å². The number of anilines is 1. The van der Waals surface area contributed by atoms with Crippen molar-refractivity contribution in [3.8, 4) is 0 Å². The van der Waals surface area contributed by atoms with Gasteiger partial charge in [0.1, 0.15) is 11.6 Å². The molecule has 3 aromatic rings. The Bertz CT molecular complexity index is 1200. The second-order valence-electron chi connectivity index (χ2n) is 6.87. The van der Waals surface area contributed by atoms with Crippen LogP contribution in [-0.2, 0) is 20.8 Å². The molecule has 0 atom stereocenters. The molecule has 11 heteroatoms. The van der Waals surface area contributed by atoms with Crippen LogP contribution < -0.4 is 11.1 Å². The van der Waals surface area contributed by atoms with Gasteiger partial charge in [-0.05, 0) is 24.6 Å². The summed E-state index contributed by atoms with van der Waals surface area (Å²) in [6, 6.07) is 7.68. The average Bonchev–Trinajstić information content (AvgIpc) is 3.30. The summed E-state index contributed by atoms with van der Waals surface area (Å²) < 4.78 is 12.0. The molecule has 0 bridgehead atoms. The number of amides is 2. The van der Waals surface area contributed by atoms with Gasteiger partial charge in [0.25, 0.3) is 5.91 Å². The van der Waals surface area contributed by atoms with Crippen molar-refractivity contribution in [3.63, 3.8) is 0 Å². The lowest BCUT2D eigenvalue weighted by Gasteiger charge is -2.09. The normalized spacial score (nSPS) is 10.8. The third-order valence-electron chi connectivity index (χ3n) is 4.61. The predicted octanol–water partition coefficient (Wildman–Crippen LogP) is 3.23. The van der Waals surface area contributed by atoms with E-state index in [1.54, 1.807) is 13.0 Å². The van der Waals surface area contributed by atoms with E-state index in [-0.39, 0.29) is 40.3 Å². The molecule has 0 aliphatic heterocycles. The zero-order chi connectivity index (χ0) is 24.0. The van der Waals surface area contributed by atoms with Crippen LogP contribution in [0.4, 0.5) is 5.00 Å². The number of thiophene rings is 1. The number of ether oxygens (including phenoxy) is 2. The van der Waals surface area contributed by atoms with Crippen LogP contribution in [0, 0.1) is 6.92 Å². The molecule has 9 nitrogen and oxygen atoms in total. The van der Waals surface area contributed by atoms with Gasteiger partial charge in [0.2, 0.25) is 5.91 Å². The first-order chi connectivity index (χ1) is 15.9. The van der Waals surface area contributed by atoms with Gasteiger partial charge in [0, 0.05) is 13.7 Å². The van der Waals surface area contributed by atoms with Gasteiger partial charge in [0.15, 0.2) is 5.16 Å². The fourth-order valence-corrected chi connectivity index (χ4v) is 5.02. The summed E-state index contributed by atoms with van der Waals surface area (Å²) >= 11 is 2.21. The number of hydrogen-bond donors (Lipinski definition) is 2. The molecule has 1 aromatic carbocycles. The van der Waals surface area contributed by atoms with Crippen LogP contribution in [0.5, 0.6) is 0 Å². The number of thioether (sulfide) groups is 1. The van der Waals surface area contributed by atoms with Crippen LogP contribution in [0.3, 0.4) is 0 Å². The third-order valence-corrected chi connectivity index (χ3v) is 6.81. The Morgan fingerprint density at radius 2 is 2.06 bits per heavy atom. The van der Waals surface area contributed by atoms with Gasteiger partial charge in [-0.1, -0.05) is 30.0 Å². The Kier molecular flexibility index (Phi) is 8.26. The van der Waals surface area contributed by atoms with Crippen LogP contribution in [0.15, 0.2) is 42.1 Å². The standard InChI is InChI=1S/C22H24N4O5S2/c1-4-9-26-15-8-6-5-7-14(15)24-22(26)32-12-16(27)25-20-17(21(29)31-11-10-30-3)13(2)18(33-20)19(23)28/h4-8H,1,9-12H2,2-3H3,(H2,23,28)(H,25,27). The van der Waals surface area contributed by atoms with Crippen LogP contribution in [0.2, 0.25) is 0 Å². The Morgan fingerprint density at radius 1 is 1.30 bits per heavy atom. The number of aromatic nitrogens is 2. The zero-order valence-electron chi connectivity index (χ0n) is 18.3. The second kappa shape index (κ2) is 11.1. The maximum Gasteiger partial charge on any atom is 0.341 e. The lowest BCUT2D eigenvalue weighted by atomic mass is 10.1. The number of benzene rings is 1. The summed E-state index contributed by atoms with van der Waals surface area (Å²) in [7, 11) is 1.49. The molecule has 2 heterocycles. The van der Waals surface area contributed by atoms with Crippen molar-refractivity contribution in [2.45, 2.75) is 18.6 Å². The summed E-state index contributed by atoms with van der Waals surface area (Å²) in [5.41, 5.74) is 7.68. The van der Waals surface area contributed by atoms with E-state index < -0.39 is 11.9 Å². The van der Waals surface area contributed by atoms with Crippen molar-refractivity contribution in [3.05, 3.63) is 52.9 Å². The zero-order valence-corrected chi connectivity index (χ0v) is 19.9. The summed E-state index contributed by atoms with van der Waals surface area (Å²) in [6.07, 6.45) is 1.76. The van der Waals surface area contributed by atoms with E-state index in [9.17, 15) is 14.4 Å². The molecule has 0 unspecified atom stereocenters. The number of esters is 1. The highest BCUT2D eigenvalue weighted by molar-refractivity contribution is 7.99. The fraction of sp³-hybridized carbons (Fsp3) is 0.273. The Morgan fingerprint density at radius 3 is 2.76 bits per heavy atom. The van der Waals surface area contributed by atoms with Gasteiger partial charge in [-0.2, -0.15) is 0 Å². The van der Waals surface area contributed by atoms with Crippen LogP contribution in [-0.4, -0.2) is 53.4 Å². The minimum atomic E-state index is -0.684. The topological polar surface area (TPSA) is 126 Å². The molecular formula is C22H24N4O5S2. The number of rotatable bonds is 11. The van der Waals surface area contributed by atoms with Gasteiger partial charge in [-0.3, -0.25) is 9.59 Å². The largest absolute Gasteiger partial charge is 0.460 e. The molecule has 3 rings (SSSR count). The van der Waals surface area contributed by atoms with E-state index in [2.05, 4.69) is 16.9 Å². The summed E-state index contributed by atoms with van der Waals surface area (Å²) in [5.74, 6) is -1.66. The quantitative estimate of drug-likeness (QED) is 0.184. The van der Waals surface area contributed by atoms with Crippen molar-refractivity contribution >= 4 is 56.9 Å². The predicted molar refractivity (Wildman–Crippen MR) is 129 cm³/mol. The number of carbonyl (C=O) groups is 3. The van der Waals surface area contributed by atoms with E-state index in [1.165, 1.54) is 18.9 Å². The fourth-order valence-electron chi connectivity index (χ4n) is 3.13. The molecular weight excluding hydrogens is 464 g/mol. The number of carbonyl (C=O) groups excluding carboxylic acids is 3. The van der Waals surface area contributed by atoms with Crippen molar-refractivity contribution in [2.24, 2.45) is 5.73 Å². The number of primary amides is 1. The van der Waals surface area contributed by atoms with Crippen molar-refractivity contribution < 1.29 is 23.9 Å². The lowest BCUT2D eigenvalue weighted by molar-refractivity contribution is -0.113. The molecule has 0 aliphatic carbocycles. The number of para-hydroxylation sites is 2. The number of fused-ring (bicyclic) bond motifs is 1. The Labute approximate surface area is 198 Å². The Balaban J connectivity index is 1.77. The van der Waals surface area contributed by atoms with Crippen molar-refractivity contribution in [2.75, 3.05) is 31.4 Å². The molecule has 33 heavy (non-hydrogen) atoms. The maximum atomic E-state index is 12.7. The molecule has 2 aromatic heterocycles. The van der Waals surface area contributed by atoms with Crippen LogP contribution in [0.1, 0.15) is 25.6 Å². The monoisotopic (exact) mass is 488 g/mol. The lowest BCUT2D eigenvalue weighted by Crippen LogP contribution is -2.17. The van der Waals surface area contributed by atoms with Gasteiger partial charge >= 0.3 is 5.97 Å². The summed E-state index contributed by atoms with van der Waals surface area (Å²) in [6.45, 7) is 6.19. The van der Waals surface area contributed by atoms with E-state index in [0.717, 1.165) is 22.4 Å². The number of nitrogens with zero attached hydrogens (tertiary/aromatic N) is 2. The first-order valence-electron chi connectivity index (χ1n) is 9.95. The number of nitrogens with one attached hydrogen (secondary N) is 1. The number of imidazole rings is 1. The number of allylic oxidation sites excluding steroid dienone is 1. The summed E-state index contributed by atoms with van der Waals surface area (Å²) in [4.78, 5) is 41.8. The molecule has 2 amide bonds. The molecule has 0 aliphatic rings. The maximum absolute atomic E-state index is 12.7. The first kappa shape index (κ1) is 24.5. The van der Waals surface area contributed by atoms with Crippen LogP contribution >= 0.6 is 23.1 Å². The van der Waals surface area contributed by atoms with E-state index in [1.807, 2.05) is 28.8 Å². The Hall–Kier alpha value is -3.15. The first-order valence-corrected chi connectivity index (χ1v) is 11.8. The van der Waals surface area contributed by atoms with Crippen molar-refractivity contribution in [1.29, 1.82) is 0 Å². The van der Waals surface area contributed by atoms with E-state index >= 15 is 0 Å². The highest BCUT2D eigenvalue weighted by Gasteiger charge is 2.26. The van der Waals surface area contributed by atoms with Crippen molar-refractivity contribution in [1.82, 2.24) is 9.55 Å². The number of hydrogen-bond acceptors (Lipinski definition) is 8. The highest BCUT2D eigenvalue weighted by Crippen LogP contribution is 2.34. The molecule has 0 saturated carbocycles. The molecule has 3 N–H and O–H groups in total. The summed E-state index contributed by atoms with van der Waals surface area (Å²) in [5, 5.41) is 3.60. The second-order valence-corrected chi connectivity index (χ2v) is 8.84. The third kappa shape index (κ3) is 5.62. The molecule has 0 fully saturated rings. The molecule has 174 valence electrons. The number of nitrogens with two attached hydrogens (primary N) is 1. The van der Waals surface area contributed by atoms with Gasteiger partial charge in [-0.15, -0.1) is 17.9 Å². The molecule has 0 spiro atoms. The minimum Gasteiger partial charge on any atom is -0.460 e. The minimum absolute atomic E-state index is 0.0410. The SMILES string of the molecule is C=CCn1c(SCC(=O)Nc2sc(C(N)=O)c(C)c2C(=O)OCCOC)nc2ccccc21. The van der Waals surface area contributed by atoms with E-state index in [0.29, 0.717) is 17.3 Å². The number of methoxy groups -OCH3 is 1. The van der Waals surface area contributed by atoms with E-state index in [4.69, 9.17) is 15.2 Å². The highest BCUT2D eigenvalue weighted by atomic mass is 32.2. The molecule has 0 saturated heterocycles.